The third-order valence-electron chi connectivity index (χ3n) is 3.78. The van der Waals surface area contributed by atoms with E-state index < -0.39 is 28.6 Å². The molecule has 2 rings (SSSR count). The van der Waals surface area contributed by atoms with Gasteiger partial charge in [-0.2, -0.15) is 0 Å². The van der Waals surface area contributed by atoms with Gasteiger partial charge in [0.05, 0.1) is 9.40 Å². The van der Waals surface area contributed by atoms with Crippen LogP contribution in [0.15, 0.2) is 22.7 Å². The Morgan fingerprint density at radius 3 is 2.54 bits per heavy atom. The number of aliphatic carboxylic acids is 1. The molecule has 1 atom stereocenters. The number of ether oxygens (including phenoxy) is 1. The lowest BCUT2D eigenvalue weighted by atomic mass is 10.1. The van der Waals surface area contributed by atoms with Crippen molar-refractivity contribution in [3.63, 3.8) is 0 Å². The maximum atomic E-state index is 12.3. The van der Waals surface area contributed by atoms with Crippen LogP contribution >= 0.6 is 15.9 Å². The molecule has 1 aliphatic heterocycles. The Morgan fingerprint density at radius 1 is 1.35 bits per heavy atom. The highest BCUT2D eigenvalue weighted by molar-refractivity contribution is 9.10. The summed E-state index contributed by atoms with van der Waals surface area (Å²) in [6.07, 6.45) is -0.715. The highest BCUT2D eigenvalue weighted by atomic mass is 79.9. The van der Waals surface area contributed by atoms with Crippen molar-refractivity contribution < 1.29 is 24.4 Å². The lowest BCUT2D eigenvalue weighted by Crippen LogP contribution is -2.59. The van der Waals surface area contributed by atoms with Gasteiger partial charge in [-0.1, -0.05) is 6.07 Å². The number of nitrogens with zero attached hydrogens (tertiary/aromatic N) is 3. The first-order chi connectivity index (χ1) is 12.0. The molecule has 1 aromatic rings. The zero-order chi connectivity index (χ0) is 19.6. The standard InChI is InChI=1S/C16H20BrN3O6/c1-16(2,3)26-15(23)19-8-7-18(9-12(19)14(21)22)11-6-4-5-10(17)13(11)20(24)25/h4-6,12H,7-9H2,1-3H3,(H,21,22). The molecule has 1 aromatic carbocycles. The molecule has 1 fully saturated rings. The van der Waals surface area contributed by atoms with Crippen LogP contribution in [0.2, 0.25) is 0 Å². The summed E-state index contributed by atoms with van der Waals surface area (Å²) < 4.78 is 5.58. The Bertz CT molecular complexity index is 733. The fourth-order valence-corrected chi connectivity index (χ4v) is 3.19. The maximum absolute atomic E-state index is 12.3. The molecule has 1 unspecified atom stereocenters. The zero-order valence-electron chi connectivity index (χ0n) is 14.6. The Kier molecular flexibility index (Phi) is 5.74. The molecule has 0 aliphatic carbocycles. The Hall–Kier alpha value is -2.36. The first-order valence-electron chi connectivity index (χ1n) is 7.91. The monoisotopic (exact) mass is 429 g/mol. The summed E-state index contributed by atoms with van der Waals surface area (Å²) >= 11 is 3.16. The first-order valence-corrected chi connectivity index (χ1v) is 8.71. The van der Waals surface area contributed by atoms with Crippen LogP contribution in [-0.2, 0) is 9.53 Å². The van der Waals surface area contributed by atoms with E-state index >= 15 is 0 Å². The molecule has 0 radical (unpaired) electrons. The summed E-state index contributed by atoms with van der Waals surface area (Å²) in [7, 11) is 0. The molecule has 1 saturated heterocycles. The van der Waals surface area contributed by atoms with E-state index in [0.29, 0.717) is 10.2 Å². The predicted molar refractivity (Wildman–Crippen MR) is 97.4 cm³/mol. The average Bonchev–Trinajstić information content (AvgIpc) is 2.51. The van der Waals surface area contributed by atoms with Gasteiger partial charge in [-0.15, -0.1) is 0 Å². The number of benzene rings is 1. The van der Waals surface area contributed by atoms with Crippen molar-refractivity contribution in [1.29, 1.82) is 0 Å². The highest BCUT2D eigenvalue weighted by Gasteiger charge is 2.39. The number of piperazine rings is 1. The molecule has 26 heavy (non-hydrogen) atoms. The molecule has 0 spiro atoms. The molecule has 9 nitrogen and oxygen atoms in total. The second-order valence-corrected chi connectivity index (χ2v) is 7.69. The van der Waals surface area contributed by atoms with Gasteiger partial charge in [0.1, 0.15) is 17.3 Å². The van der Waals surface area contributed by atoms with E-state index in [4.69, 9.17) is 4.74 Å². The molecular weight excluding hydrogens is 410 g/mol. The van der Waals surface area contributed by atoms with Crippen LogP contribution in [0.3, 0.4) is 0 Å². The minimum Gasteiger partial charge on any atom is -0.480 e. The second kappa shape index (κ2) is 7.48. The van der Waals surface area contributed by atoms with Gasteiger partial charge in [-0.05, 0) is 48.8 Å². The number of amides is 1. The van der Waals surface area contributed by atoms with Crippen molar-refractivity contribution in [3.8, 4) is 0 Å². The molecule has 1 heterocycles. The number of hydrogen-bond donors (Lipinski definition) is 1. The topological polar surface area (TPSA) is 113 Å². The zero-order valence-corrected chi connectivity index (χ0v) is 16.2. The van der Waals surface area contributed by atoms with Gasteiger partial charge in [-0.3, -0.25) is 15.0 Å². The van der Waals surface area contributed by atoms with Crippen LogP contribution in [0, 0.1) is 10.1 Å². The third-order valence-corrected chi connectivity index (χ3v) is 4.42. The highest BCUT2D eigenvalue weighted by Crippen LogP contribution is 2.36. The summed E-state index contributed by atoms with van der Waals surface area (Å²) in [6, 6.07) is 3.58. The second-order valence-electron chi connectivity index (χ2n) is 6.84. The van der Waals surface area contributed by atoms with Crippen molar-refractivity contribution in [1.82, 2.24) is 4.90 Å². The number of carboxylic acid groups (broad SMARTS) is 1. The van der Waals surface area contributed by atoms with E-state index in [1.165, 1.54) is 0 Å². The molecule has 10 heteroatoms. The van der Waals surface area contributed by atoms with E-state index in [1.807, 2.05) is 0 Å². The number of nitro benzene ring substituents is 1. The normalized spacial score (nSPS) is 17.8. The smallest absolute Gasteiger partial charge is 0.411 e. The molecule has 1 amide bonds. The van der Waals surface area contributed by atoms with Crippen molar-refractivity contribution >= 4 is 39.4 Å². The van der Waals surface area contributed by atoms with E-state index in [2.05, 4.69) is 15.9 Å². The number of halogens is 1. The van der Waals surface area contributed by atoms with Crippen LogP contribution in [0.5, 0.6) is 0 Å². The summed E-state index contributed by atoms with van der Waals surface area (Å²) in [4.78, 5) is 37.6. The predicted octanol–water partition coefficient (Wildman–Crippen LogP) is 2.87. The third kappa shape index (κ3) is 4.43. The van der Waals surface area contributed by atoms with E-state index in [0.717, 1.165) is 4.90 Å². The van der Waals surface area contributed by atoms with Crippen molar-refractivity contribution in [2.45, 2.75) is 32.4 Å². The Balaban J connectivity index is 2.29. The number of carbonyl (C=O) groups is 2. The van der Waals surface area contributed by atoms with Gasteiger partial charge in [-0.25, -0.2) is 9.59 Å². The van der Waals surface area contributed by atoms with Gasteiger partial charge in [0.15, 0.2) is 0 Å². The quantitative estimate of drug-likeness (QED) is 0.580. The van der Waals surface area contributed by atoms with Crippen LogP contribution in [0.25, 0.3) is 0 Å². The molecule has 1 N–H and O–H groups in total. The first kappa shape index (κ1) is 20.0. The molecular formula is C16H20BrN3O6. The molecule has 0 aromatic heterocycles. The number of para-hydroxylation sites is 1. The summed E-state index contributed by atoms with van der Waals surface area (Å²) in [5, 5.41) is 20.9. The van der Waals surface area contributed by atoms with Crippen molar-refractivity contribution in [2.24, 2.45) is 0 Å². The number of nitro groups is 1. The van der Waals surface area contributed by atoms with Gasteiger partial charge in [0, 0.05) is 19.6 Å². The lowest BCUT2D eigenvalue weighted by Gasteiger charge is -2.40. The molecule has 1 aliphatic rings. The number of carbonyl (C=O) groups excluding carboxylic acids is 1. The van der Waals surface area contributed by atoms with Crippen LogP contribution in [0.4, 0.5) is 16.2 Å². The average molecular weight is 430 g/mol. The fourth-order valence-electron chi connectivity index (χ4n) is 2.69. The minimum absolute atomic E-state index is 0.0775. The summed E-state index contributed by atoms with van der Waals surface area (Å²) in [5.41, 5.74) is -0.581. The van der Waals surface area contributed by atoms with E-state index in [9.17, 15) is 24.8 Å². The molecule has 0 saturated carbocycles. The minimum atomic E-state index is -1.20. The maximum Gasteiger partial charge on any atom is 0.411 e. The van der Waals surface area contributed by atoms with Crippen molar-refractivity contribution in [3.05, 3.63) is 32.8 Å². The number of carboxylic acids is 1. The van der Waals surface area contributed by atoms with Crippen molar-refractivity contribution in [2.75, 3.05) is 24.5 Å². The number of hydrogen-bond acceptors (Lipinski definition) is 6. The van der Waals surface area contributed by atoms with Gasteiger partial charge in [0.2, 0.25) is 0 Å². The Morgan fingerprint density at radius 2 is 2.00 bits per heavy atom. The SMILES string of the molecule is CC(C)(C)OC(=O)N1CCN(c2cccc(Br)c2[N+](=O)[O-])CC1C(=O)O. The van der Waals surface area contributed by atoms with Gasteiger partial charge < -0.3 is 14.7 Å². The lowest BCUT2D eigenvalue weighted by molar-refractivity contribution is -0.384. The number of anilines is 1. The summed E-state index contributed by atoms with van der Waals surface area (Å²) in [6.45, 7) is 5.34. The van der Waals surface area contributed by atoms with Gasteiger partial charge in [0.25, 0.3) is 0 Å². The van der Waals surface area contributed by atoms with Crippen LogP contribution in [0.1, 0.15) is 20.8 Å². The van der Waals surface area contributed by atoms with E-state index in [-0.39, 0.29) is 25.3 Å². The fraction of sp³-hybridized carbons (Fsp3) is 0.500. The number of rotatable bonds is 3. The molecule has 142 valence electrons. The van der Waals surface area contributed by atoms with Crippen LogP contribution in [-0.4, -0.2) is 58.3 Å². The summed E-state index contributed by atoms with van der Waals surface area (Å²) in [5.74, 6) is -1.20. The van der Waals surface area contributed by atoms with Gasteiger partial charge >= 0.3 is 17.7 Å². The molecule has 0 bridgehead atoms. The largest absolute Gasteiger partial charge is 0.480 e. The Labute approximate surface area is 158 Å². The van der Waals surface area contributed by atoms with Crippen LogP contribution < -0.4 is 4.90 Å². The van der Waals surface area contributed by atoms with E-state index in [1.54, 1.807) is 43.9 Å².